The first kappa shape index (κ1) is 8.23. The van der Waals surface area contributed by atoms with Gasteiger partial charge >= 0.3 is 6.09 Å². The van der Waals surface area contributed by atoms with Crippen molar-refractivity contribution in [3.8, 4) is 0 Å². The summed E-state index contributed by atoms with van der Waals surface area (Å²) in [5.41, 5.74) is 0. The molecule has 1 aliphatic heterocycles. The number of hydrogen-bond donors (Lipinski definition) is 1. The summed E-state index contributed by atoms with van der Waals surface area (Å²) in [6.07, 6.45) is -3.21. The zero-order valence-electron chi connectivity index (χ0n) is 5.83. The van der Waals surface area contributed by atoms with Crippen molar-refractivity contribution in [1.82, 2.24) is 4.90 Å². The highest BCUT2D eigenvalue weighted by Gasteiger charge is 2.31. The molecule has 0 radical (unpaired) electrons. The van der Waals surface area contributed by atoms with E-state index >= 15 is 0 Å². The number of rotatable bonds is 1. The number of nitrogens with zero attached hydrogens (tertiary/aromatic N) is 1. The van der Waals surface area contributed by atoms with Gasteiger partial charge in [0.25, 0.3) is 0 Å². The summed E-state index contributed by atoms with van der Waals surface area (Å²) in [6.45, 7) is 0.220. The summed E-state index contributed by atoms with van der Waals surface area (Å²) in [5, 5.41) is 8.39. The molecule has 0 aliphatic carbocycles. The highest BCUT2D eigenvalue weighted by atomic mass is 19.3. The van der Waals surface area contributed by atoms with Gasteiger partial charge in [0.2, 0.25) is 6.43 Å². The SMILES string of the molecule is O=C(O)N1CC[C@H](C(F)F)C1. The van der Waals surface area contributed by atoms with Gasteiger partial charge in [0.1, 0.15) is 0 Å². The first-order valence-corrected chi connectivity index (χ1v) is 3.37. The first-order valence-electron chi connectivity index (χ1n) is 3.37. The van der Waals surface area contributed by atoms with Crippen LogP contribution in [0.5, 0.6) is 0 Å². The molecule has 0 saturated carbocycles. The van der Waals surface area contributed by atoms with Crippen LogP contribution in [-0.2, 0) is 0 Å². The van der Waals surface area contributed by atoms with E-state index in [0.717, 1.165) is 4.90 Å². The van der Waals surface area contributed by atoms with Crippen LogP contribution in [0.2, 0.25) is 0 Å². The number of carboxylic acid groups (broad SMARTS) is 1. The lowest BCUT2D eigenvalue weighted by molar-refractivity contribution is 0.0800. The number of amides is 1. The molecule has 0 unspecified atom stereocenters. The lowest BCUT2D eigenvalue weighted by atomic mass is 10.1. The second kappa shape index (κ2) is 3.02. The standard InChI is InChI=1S/C6H9F2NO2/c7-5(8)4-1-2-9(3-4)6(10)11/h4-5H,1-3H2,(H,10,11)/t4-/m0/s1. The molecule has 1 N–H and O–H groups in total. The third kappa shape index (κ3) is 1.78. The Balaban J connectivity index is 2.41. The van der Waals surface area contributed by atoms with Crippen LogP contribution >= 0.6 is 0 Å². The van der Waals surface area contributed by atoms with Gasteiger partial charge in [-0.3, -0.25) is 0 Å². The van der Waals surface area contributed by atoms with Crippen molar-refractivity contribution in [1.29, 1.82) is 0 Å². The molecule has 1 fully saturated rings. The molecule has 5 heteroatoms. The minimum absolute atomic E-state index is 0.0208. The van der Waals surface area contributed by atoms with Gasteiger partial charge in [0.05, 0.1) is 0 Å². The molecular weight excluding hydrogens is 156 g/mol. The molecule has 1 aliphatic rings. The van der Waals surface area contributed by atoms with Gasteiger partial charge in [-0.1, -0.05) is 0 Å². The molecule has 1 amide bonds. The van der Waals surface area contributed by atoms with Crippen LogP contribution in [0.3, 0.4) is 0 Å². The van der Waals surface area contributed by atoms with E-state index < -0.39 is 18.4 Å². The van der Waals surface area contributed by atoms with Crippen LogP contribution in [0.15, 0.2) is 0 Å². The fourth-order valence-corrected chi connectivity index (χ4v) is 1.17. The minimum atomic E-state index is -2.39. The van der Waals surface area contributed by atoms with Crippen molar-refractivity contribution in [2.75, 3.05) is 13.1 Å². The number of likely N-dealkylation sites (tertiary alicyclic amines) is 1. The van der Waals surface area contributed by atoms with E-state index in [-0.39, 0.29) is 19.5 Å². The van der Waals surface area contributed by atoms with Crippen LogP contribution < -0.4 is 0 Å². The fraction of sp³-hybridized carbons (Fsp3) is 0.833. The van der Waals surface area contributed by atoms with Crippen LogP contribution in [0.1, 0.15) is 6.42 Å². The van der Waals surface area contributed by atoms with Gasteiger partial charge in [0, 0.05) is 19.0 Å². The quantitative estimate of drug-likeness (QED) is 0.635. The molecule has 3 nitrogen and oxygen atoms in total. The number of carbonyl (C=O) groups is 1. The molecule has 11 heavy (non-hydrogen) atoms. The molecule has 1 saturated heterocycles. The van der Waals surface area contributed by atoms with Gasteiger partial charge < -0.3 is 10.0 Å². The highest BCUT2D eigenvalue weighted by molar-refractivity contribution is 5.65. The first-order chi connectivity index (χ1) is 5.11. The van der Waals surface area contributed by atoms with E-state index in [2.05, 4.69) is 0 Å². The maximum absolute atomic E-state index is 12.0. The summed E-state index contributed by atoms with van der Waals surface area (Å²) in [5.74, 6) is -0.758. The van der Waals surface area contributed by atoms with E-state index in [1.165, 1.54) is 0 Å². The van der Waals surface area contributed by atoms with Crippen molar-refractivity contribution in [2.24, 2.45) is 5.92 Å². The van der Waals surface area contributed by atoms with Gasteiger partial charge in [-0.15, -0.1) is 0 Å². The maximum atomic E-state index is 12.0. The monoisotopic (exact) mass is 165 g/mol. The zero-order chi connectivity index (χ0) is 8.43. The van der Waals surface area contributed by atoms with Gasteiger partial charge in [-0.25, -0.2) is 13.6 Å². The molecule has 0 spiro atoms. The van der Waals surface area contributed by atoms with Gasteiger partial charge in [0.15, 0.2) is 0 Å². The van der Waals surface area contributed by atoms with Crippen molar-refractivity contribution < 1.29 is 18.7 Å². The summed E-state index contributed by atoms with van der Waals surface area (Å²) >= 11 is 0. The molecule has 1 heterocycles. The van der Waals surface area contributed by atoms with Gasteiger partial charge in [-0.2, -0.15) is 0 Å². The normalized spacial score (nSPS) is 24.6. The van der Waals surface area contributed by atoms with Crippen molar-refractivity contribution >= 4 is 6.09 Å². The lowest BCUT2D eigenvalue weighted by Gasteiger charge is -2.10. The van der Waals surface area contributed by atoms with Crippen molar-refractivity contribution in [3.05, 3.63) is 0 Å². The predicted molar refractivity (Wildman–Crippen MR) is 33.7 cm³/mol. The Morgan fingerprint density at radius 1 is 1.64 bits per heavy atom. The Bertz CT molecular complexity index is 163. The van der Waals surface area contributed by atoms with Crippen molar-refractivity contribution in [2.45, 2.75) is 12.8 Å². The molecule has 0 aromatic rings. The van der Waals surface area contributed by atoms with Crippen LogP contribution in [0.25, 0.3) is 0 Å². The van der Waals surface area contributed by atoms with E-state index in [0.29, 0.717) is 0 Å². The smallest absolute Gasteiger partial charge is 0.407 e. The number of halogens is 2. The Labute approximate surface area is 62.6 Å². The lowest BCUT2D eigenvalue weighted by Crippen LogP contribution is -2.27. The van der Waals surface area contributed by atoms with E-state index in [9.17, 15) is 13.6 Å². The average molecular weight is 165 g/mol. The number of alkyl halides is 2. The highest BCUT2D eigenvalue weighted by Crippen LogP contribution is 2.22. The fourth-order valence-electron chi connectivity index (χ4n) is 1.17. The third-order valence-electron chi connectivity index (χ3n) is 1.85. The molecule has 64 valence electrons. The van der Waals surface area contributed by atoms with E-state index in [4.69, 9.17) is 5.11 Å². The average Bonchev–Trinajstić information content (AvgIpc) is 2.33. The Kier molecular flexibility index (Phi) is 2.26. The topological polar surface area (TPSA) is 40.5 Å². The summed E-state index contributed by atoms with van der Waals surface area (Å²) in [4.78, 5) is 11.3. The summed E-state index contributed by atoms with van der Waals surface area (Å²) in [7, 11) is 0. The Morgan fingerprint density at radius 3 is 2.55 bits per heavy atom. The van der Waals surface area contributed by atoms with Crippen molar-refractivity contribution in [3.63, 3.8) is 0 Å². The Morgan fingerprint density at radius 2 is 2.27 bits per heavy atom. The molecule has 1 rings (SSSR count). The summed E-state index contributed by atoms with van der Waals surface area (Å²) in [6, 6.07) is 0. The van der Waals surface area contributed by atoms with E-state index in [1.54, 1.807) is 0 Å². The number of hydrogen-bond acceptors (Lipinski definition) is 1. The molecule has 0 aromatic heterocycles. The predicted octanol–water partition coefficient (Wildman–Crippen LogP) is 1.25. The molecule has 0 aromatic carbocycles. The van der Waals surface area contributed by atoms with Gasteiger partial charge in [-0.05, 0) is 6.42 Å². The summed E-state index contributed by atoms with van der Waals surface area (Å²) < 4.78 is 23.9. The second-order valence-corrected chi connectivity index (χ2v) is 2.61. The van der Waals surface area contributed by atoms with Crippen LogP contribution in [0, 0.1) is 5.92 Å². The Hall–Kier alpha value is -0.870. The molecular formula is C6H9F2NO2. The minimum Gasteiger partial charge on any atom is -0.465 e. The maximum Gasteiger partial charge on any atom is 0.407 e. The molecule has 0 bridgehead atoms. The van der Waals surface area contributed by atoms with E-state index in [1.807, 2.05) is 0 Å². The van der Waals surface area contributed by atoms with Crippen LogP contribution in [-0.4, -0.2) is 35.6 Å². The van der Waals surface area contributed by atoms with Crippen LogP contribution in [0.4, 0.5) is 13.6 Å². The zero-order valence-corrected chi connectivity index (χ0v) is 5.83. The molecule has 1 atom stereocenters. The third-order valence-corrected chi connectivity index (χ3v) is 1.85. The largest absolute Gasteiger partial charge is 0.465 e. The second-order valence-electron chi connectivity index (χ2n) is 2.61.